The summed E-state index contributed by atoms with van der Waals surface area (Å²) in [4.78, 5) is 7.06. The highest BCUT2D eigenvalue weighted by molar-refractivity contribution is 5.48. The van der Waals surface area contributed by atoms with E-state index in [9.17, 15) is 4.39 Å². The number of anilines is 1. The summed E-state index contributed by atoms with van der Waals surface area (Å²) in [6.07, 6.45) is 2.15. The number of nitrogens with two attached hydrogens (primary N) is 1. The minimum absolute atomic E-state index is 0.136. The number of benzene rings is 1. The van der Waals surface area contributed by atoms with Gasteiger partial charge in [0, 0.05) is 36.7 Å². The zero-order chi connectivity index (χ0) is 17.4. The number of piperidine rings is 1. The van der Waals surface area contributed by atoms with Crippen LogP contribution in [0.25, 0.3) is 5.65 Å². The summed E-state index contributed by atoms with van der Waals surface area (Å²) >= 11 is 0. The van der Waals surface area contributed by atoms with Crippen LogP contribution in [0.3, 0.4) is 0 Å². The monoisotopic (exact) mass is 339 g/mol. The Labute approximate surface area is 146 Å². The molecule has 0 radical (unpaired) electrons. The Balaban J connectivity index is 1.56. The van der Waals surface area contributed by atoms with Gasteiger partial charge in [-0.05, 0) is 32.4 Å². The van der Waals surface area contributed by atoms with Crippen molar-refractivity contribution in [3.8, 4) is 0 Å². The third-order valence-electron chi connectivity index (χ3n) is 4.87. The topological polar surface area (TPSA) is 59.5 Å². The second-order valence-corrected chi connectivity index (χ2v) is 6.83. The van der Waals surface area contributed by atoms with Crippen molar-refractivity contribution in [3.05, 3.63) is 59.2 Å². The van der Waals surface area contributed by atoms with E-state index in [1.807, 2.05) is 31.2 Å². The third kappa shape index (κ3) is 3.22. The average Bonchev–Trinajstić information content (AvgIpc) is 2.98. The van der Waals surface area contributed by atoms with Crippen LogP contribution in [-0.4, -0.2) is 32.6 Å². The molecule has 130 valence electrons. The first-order valence-corrected chi connectivity index (χ1v) is 8.69. The number of aryl methyl sites for hydroxylation is 1. The van der Waals surface area contributed by atoms with Crippen LogP contribution in [0.1, 0.15) is 35.7 Å². The molecule has 2 aromatic heterocycles. The molecule has 2 N–H and O–H groups in total. The average molecular weight is 339 g/mol. The summed E-state index contributed by atoms with van der Waals surface area (Å²) in [6, 6.07) is 10.9. The van der Waals surface area contributed by atoms with E-state index in [1.54, 1.807) is 10.6 Å². The Hall–Kier alpha value is -2.47. The lowest BCUT2D eigenvalue weighted by Crippen LogP contribution is -2.34. The van der Waals surface area contributed by atoms with Crippen molar-refractivity contribution in [2.75, 3.05) is 18.8 Å². The molecule has 1 aromatic carbocycles. The molecule has 1 aliphatic heterocycles. The molecule has 25 heavy (non-hydrogen) atoms. The summed E-state index contributed by atoms with van der Waals surface area (Å²) in [5.41, 5.74) is 9.60. The van der Waals surface area contributed by atoms with Crippen LogP contribution in [0, 0.1) is 12.7 Å². The molecule has 1 unspecified atom stereocenters. The summed E-state index contributed by atoms with van der Waals surface area (Å²) in [5, 5.41) is 4.36. The number of nitrogen functional groups attached to an aromatic ring is 1. The number of aromatic nitrogens is 3. The highest BCUT2D eigenvalue weighted by Crippen LogP contribution is 2.28. The minimum Gasteiger partial charge on any atom is -0.384 e. The van der Waals surface area contributed by atoms with Gasteiger partial charge in [0.25, 0.3) is 0 Å². The van der Waals surface area contributed by atoms with E-state index >= 15 is 0 Å². The zero-order valence-corrected chi connectivity index (χ0v) is 14.3. The Morgan fingerprint density at radius 3 is 2.96 bits per heavy atom. The predicted octanol–water partition coefficient (Wildman–Crippen LogP) is 3.14. The molecule has 0 amide bonds. The molecular formula is C19H22FN5. The normalized spacial score (nSPS) is 18.7. The SMILES string of the molecule is Cc1cc2nc(C3CCCN(Cc4ccccc4F)C3)cc(N)n2n1. The van der Waals surface area contributed by atoms with Crippen molar-refractivity contribution < 1.29 is 4.39 Å². The lowest BCUT2D eigenvalue weighted by molar-refractivity contribution is 0.196. The molecule has 0 aliphatic carbocycles. The van der Waals surface area contributed by atoms with Gasteiger partial charge in [-0.3, -0.25) is 4.90 Å². The number of fused-ring (bicyclic) bond motifs is 1. The van der Waals surface area contributed by atoms with Gasteiger partial charge in [-0.25, -0.2) is 9.37 Å². The number of halogens is 1. The molecule has 3 aromatic rings. The fraction of sp³-hybridized carbons (Fsp3) is 0.368. The molecule has 0 bridgehead atoms. The van der Waals surface area contributed by atoms with Gasteiger partial charge in [0.15, 0.2) is 5.65 Å². The van der Waals surface area contributed by atoms with Crippen LogP contribution < -0.4 is 5.73 Å². The molecule has 1 saturated heterocycles. The van der Waals surface area contributed by atoms with Gasteiger partial charge < -0.3 is 5.73 Å². The zero-order valence-electron chi connectivity index (χ0n) is 14.3. The van der Waals surface area contributed by atoms with Crippen molar-refractivity contribution in [2.24, 2.45) is 0 Å². The summed E-state index contributed by atoms with van der Waals surface area (Å²) in [6.45, 7) is 4.41. The number of rotatable bonds is 3. The smallest absolute Gasteiger partial charge is 0.157 e. The van der Waals surface area contributed by atoms with Gasteiger partial charge in [-0.1, -0.05) is 18.2 Å². The van der Waals surface area contributed by atoms with E-state index in [1.165, 1.54) is 6.07 Å². The van der Waals surface area contributed by atoms with Crippen molar-refractivity contribution in [2.45, 2.75) is 32.2 Å². The molecule has 5 nitrogen and oxygen atoms in total. The van der Waals surface area contributed by atoms with Crippen molar-refractivity contribution in [1.29, 1.82) is 0 Å². The van der Waals surface area contributed by atoms with E-state index in [4.69, 9.17) is 10.7 Å². The van der Waals surface area contributed by atoms with Crippen LogP contribution in [0.4, 0.5) is 10.2 Å². The van der Waals surface area contributed by atoms with E-state index < -0.39 is 0 Å². The summed E-state index contributed by atoms with van der Waals surface area (Å²) in [7, 11) is 0. The maximum Gasteiger partial charge on any atom is 0.157 e. The largest absolute Gasteiger partial charge is 0.384 e. The maximum absolute atomic E-state index is 13.9. The molecule has 1 atom stereocenters. The number of nitrogens with zero attached hydrogens (tertiary/aromatic N) is 4. The molecule has 0 spiro atoms. The first-order chi connectivity index (χ1) is 12.1. The van der Waals surface area contributed by atoms with Crippen LogP contribution in [0.5, 0.6) is 0 Å². The lowest BCUT2D eigenvalue weighted by Gasteiger charge is -2.32. The first-order valence-electron chi connectivity index (χ1n) is 8.69. The van der Waals surface area contributed by atoms with Crippen LogP contribution in [0.15, 0.2) is 36.4 Å². The highest BCUT2D eigenvalue weighted by Gasteiger charge is 2.24. The van der Waals surface area contributed by atoms with E-state index in [2.05, 4.69) is 10.00 Å². The van der Waals surface area contributed by atoms with Crippen molar-refractivity contribution in [1.82, 2.24) is 19.5 Å². The van der Waals surface area contributed by atoms with Gasteiger partial charge in [-0.15, -0.1) is 0 Å². The minimum atomic E-state index is -0.136. The second-order valence-electron chi connectivity index (χ2n) is 6.83. The highest BCUT2D eigenvalue weighted by atomic mass is 19.1. The van der Waals surface area contributed by atoms with Gasteiger partial charge in [0.05, 0.1) is 11.4 Å². The molecular weight excluding hydrogens is 317 g/mol. The lowest BCUT2D eigenvalue weighted by atomic mass is 9.94. The van der Waals surface area contributed by atoms with Crippen LogP contribution in [0.2, 0.25) is 0 Å². The molecule has 1 aliphatic rings. The van der Waals surface area contributed by atoms with Crippen molar-refractivity contribution in [3.63, 3.8) is 0 Å². The van der Waals surface area contributed by atoms with E-state index in [-0.39, 0.29) is 5.82 Å². The Morgan fingerprint density at radius 2 is 2.12 bits per heavy atom. The Morgan fingerprint density at radius 1 is 1.28 bits per heavy atom. The number of hydrogen-bond acceptors (Lipinski definition) is 4. The quantitative estimate of drug-likeness (QED) is 0.796. The number of hydrogen-bond donors (Lipinski definition) is 1. The molecule has 4 rings (SSSR count). The van der Waals surface area contributed by atoms with E-state index in [0.717, 1.165) is 48.5 Å². The van der Waals surface area contributed by atoms with Gasteiger partial charge in [0.1, 0.15) is 11.6 Å². The van der Waals surface area contributed by atoms with Crippen LogP contribution >= 0.6 is 0 Å². The predicted molar refractivity (Wildman–Crippen MR) is 95.8 cm³/mol. The molecule has 6 heteroatoms. The number of likely N-dealkylation sites (tertiary alicyclic amines) is 1. The fourth-order valence-corrected chi connectivity index (χ4v) is 3.65. The molecule has 0 saturated carbocycles. The Kier molecular flexibility index (Phi) is 4.13. The van der Waals surface area contributed by atoms with E-state index in [0.29, 0.717) is 18.3 Å². The maximum atomic E-state index is 13.9. The van der Waals surface area contributed by atoms with Crippen LogP contribution in [-0.2, 0) is 6.54 Å². The molecule has 1 fully saturated rings. The van der Waals surface area contributed by atoms with Crippen molar-refractivity contribution >= 4 is 11.5 Å². The fourth-order valence-electron chi connectivity index (χ4n) is 3.65. The van der Waals surface area contributed by atoms with Gasteiger partial charge in [-0.2, -0.15) is 9.61 Å². The first kappa shape index (κ1) is 16.0. The molecule has 3 heterocycles. The summed E-state index contributed by atoms with van der Waals surface area (Å²) in [5.74, 6) is 0.783. The van der Waals surface area contributed by atoms with Gasteiger partial charge in [0.2, 0.25) is 0 Å². The third-order valence-corrected chi connectivity index (χ3v) is 4.87. The standard InChI is InChI=1S/C19H22FN5/c1-13-9-19-22-17(10-18(21)25(19)23-13)15-6-4-8-24(12-15)11-14-5-2-3-7-16(14)20/h2-3,5,7,9-10,15H,4,6,8,11-12,21H2,1H3. The second kappa shape index (κ2) is 6.44. The Bertz CT molecular complexity index is 904. The summed E-state index contributed by atoms with van der Waals surface area (Å²) < 4.78 is 15.6. The van der Waals surface area contributed by atoms with Gasteiger partial charge >= 0.3 is 0 Å².